The largest absolute Gasteiger partial charge is 0.461 e. The van der Waals surface area contributed by atoms with Gasteiger partial charge in [0.05, 0.1) is 12.8 Å². The molecule has 1 aliphatic rings. The Bertz CT molecular complexity index is 298. The second kappa shape index (κ2) is 3.63. The molecule has 1 rings (SSSR count). The van der Waals surface area contributed by atoms with Crippen molar-refractivity contribution in [1.29, 1.82) is 0 Å². The van der Waals surface area contributed by atoms with Crippen molar-refractivity contribution in [1.82, 2.24) is 4.31 Å². The molecule has 0 aliphatic carbocycles. The first kappa shape index (κ1) is 10.5. The van der Waals surface area contributed by atoms with Crippen LogP contribution in [0.1, 0.15) is 13.3 Å². The van der Waals surface area contributed by atoms with Crippen LogP contribution in [0.25, 0.3) is 0 Å². The van der Waals surface area contributed by atoms with Gasteiger partial charge >= 0.3 is 5.97 Å². The Balaban J connectivity index is 2.50. The van der Waals surface area contributed by atoms with Gasteiger partial charge in [0.25, 0.3) is 0 Å². The van der Waals surface area contributed by atoms with E-state index in [1.165, 1.54) is 17.8 Å². The maximum atomic E-state index is 11.0. The van der Waals surface area contributed by atoms with Gasteiger partial charge in [-0.05, 0) is 0 Å². The number of sulfonamides is 1. The molecule has 0 saturated carbocycles. The van der Waals surface area contributed by atoms with Crippen molar-refractivity contribution >= 4 is 16.0 Å². The first-order chi connectivity index (χ1) is 5.89. The van der Waals surface area contributed by atoms with Crippen molar-refractivity contribution in [2.45, 2.75) is 19.4 Å². The average Bonchev–Trinajstić information content (AvgIpc) is 2.32. The molecule has 1 saturated heterocycles. The van der Waals surface area contributed by atoms with Crippen LogP contribution >= 0.6 is 0 Å². The van der Waals surface area contributed by atoms with E-state index in [1.54, 1.807) is 0 Å². The summed E-state index contributed by atoms with van der Waals surface area (Å²) in [6.45, 7) is 3.07. The fraction of sp³-hybridized carbons (Fsp3) is 0.714. The highest BCUT2D eigenvalue weighted by atomic mass is 32.2. The maximum absolute atomic E-state index is 11.0. The predicted octanol–water partition coefficient (Wildman–Crippen LogP) is -0.255. The molecule has 13 heavy (non-hydrogen) atoms. The third-order valence-corrected chi connectivity index (χ3v) is 2.86. The van der Waals surface area contributed by atoms with E-state index in [0.29, 0.717) is 6.42 Å². The monoisotopic (exact) mass is 206 g/mol. The van der Waals surface area contributed by atoms with Crippen LogP contribution in [0, 0.1) is 6.54 Å². The number of esters is 1. The second-order valence-electron chi connectivity index (χ2n) is 2.98. The summed E-state index contributed by atoms with van der Waals surface area (Å²) in [6, 6.07) is 0. The number of carbonyl (C=O) groups is 1. The molecule has 0 aromatic rings. The van der Waals surface area contributed by atoms with Gasteiger partial charge in [-0.25, -0.2) is 8.42 Å². The van der Waals surface area contributed by atoms with E-state index in [2.05, 4.69) is 0 Å². The van der Waals surface area contributed by atoms with Gasteiger partial charge in [0.1, 0.15) is 6.10 Å². The van der Waals surface area contributed by atoms with Gasteiger partial charge in [-0.15, -0.1) is 0 Å². The molecule has 1 radical (unpaired) electrons. The van der Waals surface area contributed by atoms with Gasteiger partial charge in [-0.3, -0.25) is 4.79 Å². The fourth-order valence-corrected chi connectivity index (χ4v) is 1.97. The van der Waals surface area contributed by atoms with E-state index in [4.69, 9.17) is 4.74 Å². The molecule has 1 aliphatic heterocycles. The molecule has 5 nitrogen and oxygen atoms in total. The molecule has 0 aromatic carbocycles. The van der Waals surface area contributed by atoms with Crippen molar-refractivity contribution in [3.63, 3.8) is 0 Å². The standard InChI is InChI=1S/C7H12NO4S/c1-6(9)12-7-3-4-8(5-7)13(2,10)11/h4,7H,3,5H2,1-2H3. The van der Waals surface area contributed by atoms with E-state index >= 15 is 0 Å². The fourth-order valence-electron chi connectivity index (χ4n) is 1.18. The minimum atomic E-state index is -3.18. The minimum Gasteiger partial charge on any atom is -0.461 e. The maximum Gasteiger partial charge on any atom is 0.302 e. The summed E-state index contributed by atoms with van der Waals surface area (Å²) in [4.78, 5) is 10.6. The van der Waals surface area contributed by atoms with Gasteiger partial charge in [0.15, 0.2) is 0 Å². The molecule has 1 fully saturated rings. The van der Waals surface area contributed by atoms with Gasteiger partial charge < -0.3 is 4.74 Å². The van der Waals surface area contributed by atoms with Crippen LogP contribution in [0.2, 0.25) is 0 Å². The quantitative estimate of drug-likeness (QED) is 0.584. The molecule has 1 unspecified atom stereocenters. The highest BCUT2D eigenvalue weighted by Crippen LogP contribution is 2.19. The lowest BCUT2D eigenvalue weighted by molar-refractivity contribution is -0.145. The summed E-state index contributed by atoms with van der Waals surface area (Å²) < 4.78 is 28.1. The molecule has 6 heteroatoms. The van der Waals surface area contributed by atoms with E-state index in [-0.39, 0.29) is 18.6 Å². The molecule has 0 N–H and O–H groups in total. The number of rotatable bonds is 2. The van der Waals surface area contributed by atoms with E-state index < -0.39 is 10.0 Å². The predicted molar refractivity (Wildman–Crippen MR) is 46.0 cm³/mol. The van der Waals surface area contributed by atoms with Gasteiger partial charge in [0.2, 0.25) is 10.0 Å². The Morgan fingerprint density at radius 3 is 2.62 bits per heavy atom. The molecular formula is C7H12NO4S. The molecule has 0 amide bonds. The van der Waals surface area contributed by atoms with Crippen LogP contribution in [0.15, 0.2) is 0 Å². The number of ether oxygens (including phenoxy) is 1. The minimum absolute atomic E-state index is 0.235. The summed E-state index contributed by atoms with van der Waals surface area (Å²) in [6.07, 6.45) is 1.26. The van der Waals surface area contributed by atoms with Crippen molar-refractivity contribution in [3.05, 3.63) is 6.54 Å². The Morgan fingerprint density at radius 2 is 2.23 bits per heavy atom. The third-order valence-electron chi connectivity index (χ3n) is 1.71. The normalized spacial score (nSPS) is 24.6. The summed E-state index contributed by atoms with van der Waals surface area (Å²) in [5.74, 6) is -0.381. The van der Waals surface area contributed by atoms with Gasteiger partial charge in [-0.1, -0.05) is 0 Å². The summed E-state index contributed by atoms with van der Waals surface area (Å²) in [7, 11) is -3.18. The highest BCUT2D eigenvalue weighted by Gasteiger charge is 2.30. The van der Waals surface area contributed by atoms with E-state index in [9.17, 15) is 13.2 Å². The third kappa shape index (κ3) is 2.96. The van der Waals surface area contributed by atoms with E-state index in [0.717, 1.165) is 6.26 Å². The summed E-state index contributed by atoms with van der Waals surface area (Å²) >= 11 is 0. The van der Waals surface area contributed by atoms with Crippen LogP contribution in [0.5, 0.6) is 0 Å². The number of hydrogen-bond acceptors (Lipinski definition) is 4. The molecule has 1 atom stereocenters. The first-order valence-corrected chi connectivity index (χ1v) is 5.72. The average molecular weight is 206 g/mol. The van der Waals surface area contributed by atoms with E-state index in [1.807, 2.05) is 0 Å². The molecule has 0 aromatic heterocycles. The summed E-state index contributed by atoms with van der Waals surface area (Å²) in [5, 5.41) is 0. The Hall–Kier alpha value is -0.620. The lowest BCUT2D eigenvalue weighted by atomic mass is 10.3. The van der Waals surface area contributed by atoms with Crippen LogP contribution in [-0.4, -0.2) is 37.6 Å². The number of nitrogens with zero attached hydrogens (tertiary/aromatic N) is 1. The smallest absolute Gasteiger partial charge is 0.302 e. The lowest BCUT2D eigenvalue weighted by Crippen LogP contribution is -2.28. The molecule has 0 spiro atoms. The number of carbonyl (C=O) groups excluding carboxylic acids is 1. The van der Waals surface area contributed by atoms with Crippen LogP contribution in [0.4, 0.5) is 0 Å². The first-order valence-electron chi connectivity index (χ1n) is 3.87. The molecule has 75 valence electrons. The highest BCUT2D eigenvalue weighted by molar-refractivity contribution is 7.88. The zero-order chi connectivity index (χ0) is 10.1. The van der Waals surface area contributed by atoms with Crippen molar-refractivity contribution in [2.75, 3.05) is 12.8 Å². The van der Waals surface area contributed by atoms with Crippen molar-refractivity contribution in [3.8, 4) is 0 Å². The Morgan fingerprint density at radius 1 is 1.62 bits per heavy atom. The van der Waals surface area contributed by atoms with Crippen molar-refractivity contribution < 1.29 is 17.9 Å². The Labute approximate surface area is 77.7 Å². The summed E-state index contributed by atoms with van der Waals surface area (Å²) in [5.41, 5.74) is 0. The molecular weight excluding hydrogens is 194 g/mol. The molecule has 1 heterocycles. The van der Waals surface area contributed by atoms with Crippen molar-refractivity contribution in [2.24, 2.45) is 0 Å². The lowest BCUT2D eigenvalue weighted by Gasteiger charge is -2.12. The second-order valence-corrected chi connectivity index (χ2v) is 4.92. The molecule has 0 bridgehead atoms. The van der Waals surface area contributed by atoms with Crippen LogP contribution in [0.3, 0.4) is 0 Å². The van der Waals surface area contributed by atoms with Gasteiger partial charge in [-0.2, -0.15) is 4.31 Å². The Kier molecular flexibility index (Phi) is 2.92. The van der Waals surface area contributed by atoms with Crippen LogP contribution < -0.4 is 0 Å². The van der Waals surface area contributed by atoms with Gasteiger partial charge in [0, 0.05) is 19.9 Å². The zero-order valence-electron chi connectivity index (χ0n) is 7.56. The number of hydrogen-bond donors (Lipinski definition) is 0. The zero-order valence-corrected chi connectivity index (χ0v) is 8.37. The topological polar surface area (TPSA) is 63.7 Å². The van der Waals surface area contributed by atoms with Crippen LogP contribution in [-0.2, 0) is 19.6 Å². The SMILES string of the molecule is CC(=O)OC1C[CH]N(S(C)(=O)=O)C1.